The molecule has 0 spiro atoms. The molecule has 1 aliphatic rings. The number of aromatic nitrogens is 1. The van der Waals surface area contributed by atoms with E-state index in [1.807, 2.05) is 55.1 Å². The van der Waals surface area contributed by atoms with Gasteiger partial charge in [-0.05, 0) is 43.7 Å². The van der Waals surface area contributed by atoms with E-state index in [4.69, 9.17) is 14.5 Å². The van der Waals surface area contributed by atoms with Crippen molar-refractivity contribution in [2.75, 3.05) is 44.3 Å². The molecule has 30 heavy (non-hydrogen) atoms. The van der Waals surface area contributed by atoms with Crippen molar-refractivity contribution in [1.82, 2.24) is 9.88 Å². The van der Waals surface area contributed by atoms with Crippen LogP contribution in [0.15, 0.2) is 42.5 Å². The van der Waals surface area contributed by atoms with Crippen LogP contribution < -0.4 is 14.4 Å². The van der Waals surface area contributed by atoms with Crippen LogP contribution in [0.1, 0.15) is 19.4 Å². The number of anilines is 1. The Morgan fingerprint density at radius 1 is 1.00 bits per heavy atom. The standard InChI is InChI=1S/C23H27N3O3S/c1-3-28-18-10-8-17(9-11-18)16-21(27)25-12-14-26(15-13-25)23-24-22-19(29-4-2)6-5-7-20(22)30-23/h5-11H,3-4,12-16H2,1-2H3. The fourth-order valence-corrected chi connectivity index (χ4v) is 4.66. The molecular formula is C23H27N3O3S. The molecule has 7 heteroatoms. The molecule has 0 atom stereocenters. The number of benzene rings is 2. The minimum absolute atomic E-state index is 0.168. The van der Waals surface area contributed by atoms with Gasteiger partial charge in [-0.2, -0.15) is 0 Å². The van der Waals surface area contributed by atoms with E-state index in [0.29, 0.717) is 32.7 Å². The fourth-order valence-electron chi connectivity index (χ4n) is 3.62. The molecule has 0 radical (unpaired) electrons. The molecule has 0 saturated carbocycles. The normalized spacial score (nSPS) is 14.2. The minimum atomic E-state index is 0.168. The summed E-state index contributed by atoms with van der Waals surface area (Å²) >= 11 is 1.68. The lowest BCUT2D eigenvalue weighted by molar-refractivity contribution is -0.130. The molecule has 0 bridgehead atoms. The summed E-state index contributed by atoms with van der Waals surface area (Å²) in [4.78, 5) is 21.8. The molecular weight excluding hydrogens is 398 g/mol. The molecule has 6 nitrogen and oxygen atoms in total. The quantitative estimate of drug-likeness (QED) is 0.573. The highest BCUT2D eigenvalue weighted by Crippen LogP contribution is 2.34. The number of hydrogen-bond acceptors (Lipinski definition) is 6. The smallest absolute Gasteiger partial charge is 0.227 e. The Bertz CT molecular complexity index is 995. The Balaban J connectivity index is 1.36. The van der Waals surface area contributed by atoms with Crippen molar-refractivity contribution >= 4 is 32.6 Å². The van der Waals surface area contributed by atoms with Gasteiger partial charge in [-0.1, -0.05) is 29.5 Å². The summed E-state index contributed by atoms with van der Waals surface area (Å²) in [7, 11) is 0. The molecule has 0 aliphatic carbocycles. The summed E-state index contributed by atoms with van der Waals surface area (Å²) in [6, 6.07) is 13.8. The molecule has 2 heterocycles. The van der Waals surface area contributed by atoms with Gasteiger partial charge in [-0.3, -0.25) is 4.79 Å². The van der Waals surface area contributed by atoms with E-state index in [1.165, 1.54) is 0 Å². The van der Waals surface area contributed by atoms with E-state index < -0.39 is 0 Å². The number of carbonyl (C=O) groups is 1. The monoisotopic (exact) mass is 425 g/mol. The largest absolute Gasteiger partial charge is 0.494 e. The SMILES string of the molecule is CCOc1ccc(CC(=O)N2CCN(c3nc4c(OCC)cccc4s3)CC2)cc1. The van der Waals surface area contributed by atoms with E-state index in [9.17, 15) is 4.79 Å². The van der Waals surface area contributed by atoms with E-state index in [2.05, 4.69) is 11.0 Å². The Hall–Kier alpha value is -2.80. The van der Waals surface area contributed by atoms with E-state index in [-0.39, 0.29) is 5.91 Å². The van der Waals surface area contributed by atoms with Gasteiger partial charge in [0.15, 0.2) is 5.13 Å². The summed E-state index contributed by atoms with van der Waals surface area (Å²) in [5.41, 5.74) is 1.94. The fraction of sp³-hybridized carbons (Fsp3) is 0.391. The molecule has 4 rings (SSSR count). The van der Waals surface area contributed by atoms with Gasteiger partial charge >= 0.3 is 0 Å². The molecule has 1 saturated heterocycles. The van der Waals surface area contributed by atoms with Gasteiger partial charge in [0.1, 0.15) is 17.0 Å². The summed E-state index contributed by atoms with van der Waals surface area (Å²) in [5, 5.41) is 0.996. The van der Waals surface area contributed by atoms with Crippen LogP contribution in [0.4, 0.5) is 5.13 Å². The van der Waals surface area contributed by atoms with Crippen LogP contribution in [0.2, 0.25) is 0 Å². The predicted octanol–water partition coefficient (Wildman–Crippen LogP) is 3.99. The maximum Gasteiger partial charge on any atom is 0.227 e. The van der Waals surface area contributed by atoms with E-state index >= 15 is 0 Å². The van der Waals surface area contributed by atoms with Crippen LogP contribution in [0, 0.1) is 0 Å². The Labute approximate surface area is 181 Å². The number of piperazine rings is 1. The predicted molar refractivity (Wildman–Crippen MR) is 121 cm³/mol. The molecule has 3 aromatic rings. The zero-order valence-electron chi connectivity index (χ0n) is 17.5. The Morgan fingerprint density at radius 2 is 1.73 bits per heavy atom. The van der Waals surface area contributed by atoms with Gasteiger partial charge in [-0.25, -0.2) is 4.98 Å². The third-order valence-electron chi connectivity index (χ3n) is 5.16. The average Bonchev–Trinajstić information content (AvgIpc) is 3.21. The number of para-hydroxylation sites is 1. The molecule has 0 N–H and O–H groups in total. The molecule has 1 fully saturated rings. The number of fused-ring (bicyclic) bond motifs is 1. The van der Waals surface area contributed by atoms with Crippen LogP contribution in [0.3, 0.4) is 0 Å². The lowest BCUT2D eigenvalue weighted by Crippen LogP contribution is -2.49. The second-order valence-corrected chi connectivity index (χ2v) is 8.16. The molecule has 1 aromatic heterocycles. The highest BCUT2D eigenvalue weighted by atomic mass is 32.1. The first-order valence-corrected chi connectivity index (χ1v) is 11.3. The van der Waals surface area contributed by atoms with Crippen molar-refractivity contribution in [3.63, 3.8) is 0 Å². The summed E-state index contributed by atoms with van der Waals surface area (Å²) in [6.45, 7) is 8.22. The highest BCUT2D eigenvalue weighted by Gasteiger charge is 2.23. The van der Waals surface area contributed by atoms with Gasteiger partial charge in [-0.15, -0.1) is 0 Å². The van der Waals surface area contributed by atoms with Crippen molar-refractivity contribution in [2.45, 2.75) is 20.3 Å². The van der Waals surface area contributed by atoms with Crippen molar-refractivity contribution < 1.29 is 14.3 Å². The van der Waals surface area contributed by atoms with Gasteiger partial charge in [0.25, 0.3) is 0 Å². The Kier molecular flexibility index (Phi) is 6.38. The first kappa shape index (κ1) is 20.5. The zero-order chi connectivity index (χ0) is 20.9. The summed E-state index contributed by atoms with van der Waals surface area (Å²) in [5.74, 6) is 1.84. The Morgan fingerprint density at radius 3 is 2.43 bits per heavy atom. The summed E-state index contributed by atoms with van der Waals surface area (Å²) < 4.78 is 12.3. The minimum Gasteiger partial charge on any atom is -0.494 e. The van der Waals surface area contributed by atoms with Gasteiger partial charge in [0, 0.05) is 26.2 Å². The van der Waals surface area contributed by atoms with Crippen LogP contribution in [0.25, 0.3) is 10.2 Å². The zero-order valence-corrected chi connectivity index (χ0v) is 18.3. The number of nitrogens with zero attached hydrogens (tertiary/aromatic N) is 3. The van der Waals surface area contributed by atoms with Crippen LogP contribution in [0.5, 0.6) is 11.5 Å². The second-order valence-electron chi connectivity index (χ2n) is 7.15. The number of ether oxygens (including phenoxy) is 2. The van der Waals surface area contributed by atoms with Crippen molar-refractivity contribution in [3.8, 4) is 11.5 Å². The average molecular weight is 426 g/mol. The van der Waals surface area contributed by atoms with Crippen LogP contribution in [-0.4, -0.2) is 55.2 Å². The van der Waals surface area contributed by atoms with E-state index in [1.54, 1.807) is 11.3 Å². The van der Waals surface area contributed by atoms with Gasteiger partial charge in [0.2, 0.25) is 5.91 Å². The molecule has 2 aromatic carbocycles. The lowest BCUT2D eigenvalue weighted by atomic mass is 10.1. The van der Waals surface area contributed by atoms with Crippen LogP contribution >= 0.6 is 11.3 Å². The first-order chi connectivity index (χ1) is 14.7. The van der Waals surface area contributed by atoms with Crippen molar-refractivity contribution in [1.29, 1.82) is 0 Å². The maximum atomic E-state index is 12.7. The lowest BCUT2D eigenvalue weighted by Gasteiger charge is -2.34. The topological polar surface area (TPSA) is 54.9 Å². The third-order valence-corrected chi connectivity index (χ3v) is 6.24. The molecule has 1 aliphatic heterocycles. The number of carbonyl (C=O) groups excluding carboxylic acids is 1. The van der Waals surface area contributed by atoms with Crippen LogP contribution in [-0.2, 0) is 11.2 Å². The molecule has 0 unspecified atom stereocenters. The number of thiazole rings is 1. The molecule has 1 amide bonds. The second kappa shape index (κ2) is 9.34. The highest BCUT2D eigenvalue weighted by molar-refractivity contribution is 7.22. The number of amides is 1. The van der Waals surface area contributed by atoms with Crippen molar-refractivity contribution in [2.24, 2.45) is 0 Å². The third kappa shape index (κ3) is 4.51. The molecule has 158 valence electrons. The summed E-state index contributed by atoms with van der Waals surface area (Å²) in [6.07, 6.45) is 0.422. The van der Waals surface area contributed by atoms with Gasteiger partial charge < -0.3 is 19.3 Å². The number of rotatable bonds is 7. The maximum absolute atomic E-state index is 12.7. The van der Waals surface area contributed by atoms with Crippen molar-refractivity contribution in [3.05, 3.63) is 48.0 Å². The number of hydrogen-bond donors (Lipinski definition) is 0. The van der Waals surface area contributed by atoms with E-state index in [0.717, 1.165) is 45.5 Å². The van der Waals surface area contributed by atoms with Gasteiger partial charge in [0.05, 0.1) is 24.3 Å². The first-order valence-electron chi connectivity index (χ1n) is 10.4.